The van der Waals surface area contributed by atoms with Crippen LogP contribution in [0.3, 0.4) is 0 Å². The smallest absolute Gasteiger partial charge is 0.339 e. The van der Waals surface area contributed by atoms with E-state index in [1.165, 1.54) is 30.3 Å². The van der Waals surface area contributed by atoms with Crippen molar-refractivity contribution in [3.63, 3.8) is 0 Å². The number of anilines is 1. The minimum absolute atomic E-state index is 0.0451. The van der Waals surface area contributed by atoms with E-state index in [0.717, 1.165) is 11.8 Å². The standard InChI is InChI=1S/C22H19F2N3O3/c1-3-30-22(29)15-8-14(24)9-16-18(15)20(28)17(12-4-6-13(23)7-5-12)19(27-16)21-25-10-11(2)26-21/h4-10,17,19,27H,3H2,1-2H3,(H,25,26). The quantitative estimate of drug-likeness (QED) is 0.625. The van der Waals surface area contributed by atoms with Gasteiger partial charge < -0.3 is 15.0 Å². The second-order valence-corrected chi connectivity index (χ2v) is 7.06. The number of halogens is 2. The number of nitrogens with one attached hydrogen (secondary N) is 2. The molecule has 3 aromatic rings. The fourth-order valence-electron chi connectivity index (χ4n) is 3.74. The summed E-state index contributed by atoms with van der Waals surface area (Å²) in [5.41, 5.74) is 1.40. The maximum Gasteiger partial charge on any atom is 0.339 e. The molecule has 0 spiro atoms. The molecule has 2 heterocycles. The van der Waals surface area contributed by atoms with E-state index in [2.05, 4.69) is 15.3 Å². The number of aryl methyl sites for hydroxylation is 1. The molecule has 1 aliphatic heterocycles. The molecule has 0 amide bonds. The van der Waals surface area contributed by atoms with Gasteiger partial charge in [-0.25, -0.2) is 18.6 Å². The number of ether oxygens (including phenoxy) is 1. The van der Waals surface area contributed by atoms with Crippen LogP contribution in [0.2, 0.25) is 0 Å². The highest BCUT2D eigenvalue weighted by Gasteiger charge is 2.41. The summed E-state index contributed by atoms with van der Waals surface area (Å²) in [6.07, 6.45) is 1.62. The van der Waals surface area contributed by atoms with Gasteiger partial charge in [-0.2, -0.15) is 0 Å². The van der Waals surface area contributed by atoms with E-state index < -0.39 is 35.3 Å². The lowest BCUT2D eigenvalue weighted by atomic mass is 9.79. The highest BCUT2D eigenvalue weighted by atomic mass is 19.1. The lowest BCUT2D eigenvalue weighted by Gasteiger charge is -2.33. The Morgan fingerprint density at radius 1 is 1.17 bits per heavy atom. The second-order valence-electron chi connectivity index (χ2n) is 7.06. The lowest BCUT2D eigenvalue weighted by Crippen LogP contribution is -2.34. The average Bonchev–Trinajstić information content (AvgIpc) is 3.14. The maximum absolute atomic E-state index is 14.3. The number of H-pyrrole nitrogens is 1. The zero-order valence-electron chi connectivity index (χ0n) is 16.3. The van der Waals surface area contributed by atoms with Crippen LogP contribution >= 0.6 is 0 Å². The number of carbonyl (C=O) groups excluding carboxylic acids is 2. The van der Waals surface area contributed by atoms with Crippen LogP contribution in [0.15, 0.2) is 42.6 Å². The molecule has 0 aliphatic carbocycles. The largest absolute Gasteiger partial charge is 0.462 e. The number of benzene rings is 2. The molecular formula is C22H19F2N3O3. The van der Waals surface area contributed by atoms with E-state index in [1.54, 1.807) is 13.1 Å². The van der Waals surface area contributed by atoms with E-state index >= 15 is 0 Å². The Morgan fingerprint density at radius 2 is 1.90 bits per heavy atom. The molecule has 0 bridgehead atoms. The van der Waals surface area contributed by atoms with Gasteiger partial charge in [0, 0.05) is 17.6 Å². The van der Waals surface area contributed by atoms with Crippen LogP contribution in [0.5, 0.6) is 0 Å². The highest BCUT2D eigenvalue weighted by Crippen LogP contribution is 2.43. The fourth-order valence-corrected chi connectivity index (χ4v) is 3.74. The van der Waals surface area contributed by atoms with Crippen LogP contribution in [0.1, 0.15) is 56.7 Å². The molecule has 0 radical (unpaired) electrons. The zero-order valence-corrected chi connectivity index (χ0v) is 16.3. The van der Waals surface area contributed by atoms with Gasteiger partial charge in [0.15, 0.2) is 5.78 Å². The molecule has 1 aromatic heterocycles. The molecule has 4 rings (SSSR count). The molecule has 1 aliphatic rings. The van der Waals surface area contributed by atoms with Crippen molar-refractivity contribution in [3.8, 4) is 0 Å². The van der Waals surface area contributed by atoms with Gasteiger partial charge >= 0.3 is 5.97 Å². The second kappa shape index (κ2) is 7.70. The Labute approximate surface area is 171 Å². The number of aromatic amines is 1. The Bertz CT molecular complexity index is 1130. The molecule has 2 N–H and O–H groups in total. The van der Waals surface area contributed by atoms with Crippen molar-refractivity contribution >= 4 is 17.4 Å². The predicted molar refractivity (Wildman–Crippen MR) is 106 cm³/mol. The molecule has 8 heteroatoms. The third kappa shape index (κ3) is 3.45. The van der Waals surface area contributed by atoms with Crippen molar-refractivity contribution in [1.29, 1.82) is 0 Å². The first-order chi connectivity index (χ1) is 14.4. The Morgan fingerprint density at radius 3 is 2.53 bits per heavy atom. The first-order valence-corrected chi connectivity index (χ1v) is 9.47. The van der Waals surface area contributed by atoms with Gasteiger partial charge in [0.1, 0.15) is 17.5 Å². The average molecular weight is 411 g/mol. The molecular weight excluding hydrogens is 392 g/mol. The van der Waals surface area contributed by atoms with Gasteiger partial charge in [0.2, 0.25) is 0 Å². The van der Waals surface area contributed by atoms with Crippen LogP contribution in [-0.4, -0.2) is 28.3 Å². The lowest BCUT2D eigenvalue weighted by molar-refractivity contribution is 0.0522. The maximum atomic E-state index is 14.3. The molecule has 2 atom stereocenters. The van der Waals surface area contributed by atoms with E-state index in [9.17, 15) is 18.4 Å². The summed E-state index contributed by atoms with van der Waals surface area (Å²) >= 11 is 0. The number of carbonyl (C=O) groups is 2. The van der Waals surface area contributed by atoms with Gasteiger partial charge in [0.25, 0.3) is 0 Å². The van der Waals surface area contributed by atoms with Gasteiger partial charge in [-0.15, -0.1) is 0 Å². The van der Waals surface area contributed by atoms with Gasteiger partial charge in [-0.05, 0) is 43.7 Å². The number of imidazole rings is 1. The third-order valence-corrected chi connectivity index (χ3v) is 5.02. The van der Waals surface area contributed by atoms with Crippen molar-refractivity contribution < 1.29 is 23.1 Å². The van der Waals surface area contributed by atoms with Crippen molar-refractivity contribution in [2.45, 2.75) is 25.8 Å². The number of rotatable bonds is 4. The summed E-state index contributed by atoms with van der Waals surface area (Å²) in [6, 6.07) is 7.05. The Kier molecular flexibility index (Phi) is 5.07. The molecule has 0 fully saturated rings. The minimum Gasteiger partial charge on any atom is -0.462 e. The zero-order chi connectivity index (χ0) is 21.4. The van der Waals surface area contributed by atoms with E-state index in [-0.39, 0.29) is 23.4 Å². The Hall–Kier alpha value is -3.55. The summed E-state index contributed by atoms with van der Waals surface area (Å²) in [6.45, 7) is 3.53. The van der Waals surface area contributed by atoms with Gasteiger partial charge in [0.05, 0.1) is 29.7 Å². The van der Waals surface area contributed by atoms with Gasteiger partial charge in [-0.3, -0.25) is 4.79 Å². The Balaban J connectivity index is 1.90. The number of ketones is 1. The normalized spacial score (nSPS) is 17.9. The summed E-state index contributed by atoms with van der Waals surface area (Å²) in [5.74, 6) is -2.64. The van der Waals surface area contributed by atoms with E-state index in [1.807, 2.05) is 6.92 Å². The van der Waals surface area contributed by atoms with Crippen LogP contribution in [0, 0.1) is 18.6 Å². The summed E-state index contributed by atoms with van der Waals surface area (Å²) in [7, 11) is 0. The van der Waals surface area contributed by atoms with Crippen LogP contribution in [-0.2, 0) is 4.74 Å². The van der Waals surface area contributed by atoms with Crippen molar-refractivity contribution in [1.82, 2.24) is 9.97 Å². The van der Waals surface area contributed by atoms with E-state index in [4.69, 9.17) is 4.74 Å². The molecule has 0 saturated carbocycles. The number of Topliss-reactive ketones (excluding diaryl/α,β-unsaturated/α-hetero) is 1. The number of esters is 1. The predicted octanol–water partition coefficient (Wildman–Crippen LogP) is 4.31. The first kappa shape index (κ1) is 19.8. The van der Waals surface area contributed by atoms with Crippen LogP contribution in [0.4, 0.5) is 14.5 Å². The molecule has 6 nitrogen and oxygen atoms in total. The summed E-state index contributed by atoms with van der Waals surface area (Å²) in [5, 5.41) is 3.14. The fraction of sp³-hybridized carbons (Fsp3) is 0.227. The number of hydrogen-bond donors (Lipinski definition) is 2. The molecule has 30 heavy (non-hydrogen) atoms. The van der Waals surface area contributed by atoms with Gasteiger partial charge in [-0.1, -0.05) is 12.1 Å². The summed E-state index contributed by atoms with van der Waals surface area (Å²) in [4.78, 5) is 33.5. The van der Waals surface area contributed by atoms with Crippen LogP contribution < -0.4 is 5.32 Å². The van der Waals surface area contributed by atoms with Crippen molar-refractivity contribution in [2.75, 3.05) is 11.9 Å². The molecule has 2 unspecified atom stereocenters. The summed E-state index contributed by atoms with van der Waals surface area (Å²) < 4.78 is 32.8. The SMILES string of the molecule is CCOC(=O)c1cc(F)cc2c1C(=O)C(c1ccc(F)cc1)C(c1ncc(C)[nH]1)N2. The van der Waals surface area contributed by atoms with Crippen molar-refractivity contribution in [3.05, 3.63) is 82.4 Å². The monoisotopic (exact) mass is 411 g/mol. The number of hydrogen-bond acceptors (Lipinski definition) is 5. The van der Waals surface area contributed by atoms with E-state index in [0.29, 0.717) is 11.4 Å². The molecule has 0 saturated heterocycles. The van der Waals surface area contributed by atoms with Crippen LogP contribution in [0.25, 0.3) is 0 Å². The number of aromatic nitrogens is 2. The van der Waals surface area contributed by atoms with Crippen molar-refractivity contribution in [2.24, 2.45) is 0 Å². The molecule has 154 valence electrons. The number of nitrogens with zero attached hydrogens (tertiary/aromatic N) is 1. The first-order valence-electron chi connectivity index (χ1n) is 9.47. The highest BCUT2D eigenvalue weighted by molar-refractivity contribution is 6.14. The topological polar surface area (TPSA) is 84.1 Å². The molecule has 2 aromatic carbocycles. The number of fused-ring (bicyclic) bond motifs is 1. The third-order valence-electron chi connectivity index (χ3n) is 5.02. The minimum atomic E-state index is -0.817.